The molecule has 0 saturated heterocycles. The largest absolute Gasteiger partial charge is 0.326 e. The number of para-hydroxylation sites is 2. The summed E-state index contributed by atoms with van der Waals surface area (Å²) in [6.45, 7) is 8.19. The van der Waals surface area contributed by atoms with Crippen LogP contribution in [0.3, 0.4) is 0 Å². The molecule has 0 saturated carbocycles. The lowest BCUT2D eigenvalue weighted by Gasteiger charge is -2.33. The van der Waals surface area contributed by atoms with Crippen molar-refractivity contribution < 1.29 is 9.59 Å². The summed E-state index contributed by atoms with van der Waals surface area (Å²) in [6.07, 6.45) is 1.18. The number of carbonyl (C=O) groups excluding carboxylic acids is 2. The first-order valence-electron chi connectivity index (χ1n) is 11.5. The molecule has 1 N–H and O–H groups in total. The highest BCUT2D eigenvalue weighted by Gasteiger charge is 2.32. The van der Waals surface area contributed by atoms with Crippen LogP contribution in [-0.2, 0) is 9.59 Å². The van der Waals surface area contributed by atoms with Crippen molar-refractivity contribution in [1.82, 2.24) is 0 Å². The first-order chi connectivity index (χ1) is 16.2. The van der Waals surface area contributed by atoms with E-state index in [1.54, 1.807) is 23.5 Å². The molecule has 1 aliphatic heterocycles. The fraction of sp³-hybridized carbons (Fsp3) is 0.286. The van der Waals surface area contributed by atoms with Crippen molar-refractivity contribution >= 4 is 52.4 Å². The topological polar surface area (TPSA) is 49.4 Å². The molecule has 0 bridgehead atoms. The van der Waals surface area contributed by atoms with Gasteiger partial charge in [0, 0.05) is 26.8 Å². The molecule has 1 heterocycles. The highest BCUT2D eigenvalue weighted by molar-refractivity contribution is 8.00. The van der Waals surface area contributed by atoms with E-state index in [0.29, 0.717) is 12.8 Å². The van der Waals surface area contributed by atoms with Gasteiger partial charge in [-0.1, -0.05) is 63.7 Å². The maximum absolute atomic E-state index is 13.8. The summed E-state index contributed by atoms with van der Waals surface area (Å²) in [6, 6.07) is 23.9. The fourth-order valence-electron chi connectivity index (χ4n) is 3.86. The Morgan fingerprint density at radius 2 is 1.47 bits per heavy atom. The molecule has 176 valence electrons. The second kappa shape index (κ2) is 10.3. The van der Waals surface area contributed by atoms with E-state index in [4.69, 9.17) is 0 Å². The van der Waals surface area contributed by atoms with Crippen molar-refractivity contribution in [2.24, 2.45) is 5.41 Å². The van der Waals surface area contributed by atoms with Crippen LogP contribution in [0.2, 0.25) is 0 Å². The average molecular weight is 491 g/mol. The zero-order valence-electron chi connectivity index (χ0n) is 20.0. The van der Waals surface area contributed by atoms with Crippen LogP contribution in [-0.4, -0.2) is 17.1 Å². The van der Waals surface area contributed by atoms with E-state index >= 15 is 0 Å². The van der Waals surface area contributed by atoms with Gasteiger partial charge in [-0.2, -0.15) is 0 Å². The Bertz CT molecular complexity index is 1140. The van der Waals surface area contributed by atoms with Crippen LogP contribution in [0.25, 0.3) is 0 Å². The van der Waals surface area contributed by atoms with Gasteiger partial charge in [-0.25, -0.2) is 0 Å². The number of nitrogens with zero attached hydrogens (tertiary/aromatic N) is 1. The number of hydrogen-bond donors (Lipinski definition) is 1. The third-order valence-electron chi connectivity index (χ3n) is 5.41. The Morgan fingerprint density at radius 3 is 2.00 bits per heavy atom. The minimum Gasteiger partial charge on any atom is -0.326 e. The SMILES string of the molecule is CCC(Sc1ccc(NC(=O)CC(C)(C)C)cc1)C(=O)N1c2ccccc2Sc2ccccc21. The lowest BCUT2D eigenvalue weighted by molar-refractivity contribution is -0.118. The van der Waals surface area contributed by atoms with Gasteiger partial charge >= 0.3 is 0 Å². The van der Waals surface area contributed by atoms with E-state index in [2.05, 4.69) is 17.4 Å². The molecule has 0 aromatic heterocycles. The third kappa shape index (κ3) is 5.68. The lowest BCUT2D eigenvalue weighted by Crippen LogP contribution is -2.35. The van der Waals surface area contributed by atoms with Crippen LogP contribution in [0.15, 0.2) is 87.5 Å². The molecule has 34 heavy (non-hydrogen) atoms. The molecule has 3 aromatic rings. The van der Waals surface area contributed by atoms with Gasteiger partial charge in [0.2, 0.25) is 11.8 Å². The van der Waals surface area contributed by atoms with E-state index in [0.717, 1.165) is 31.7 Å². The highest BCUT2D eigenvalue weighted by Crippen LogP contribution is 2.48. The maximum atomic E-state index is 13.8. The molecule has 4 nitrogen and oxygen atoms in total. The van der Waals surface area contributed by atoms with Gasteiger partial charge in [0.1, 0.15) is 0 Å². The molecule has 6 heteroatoms. The number of anilines is 3. The maximum Gasteiger partial charge on any atom is 0.245 e. The summed E-state index contributed by atoms with van der Waals surface area (Å²) < 4.78 is 0. The molecule has 0 aliphatic carbocycles. The number of rotatable bonds is 6. The summed E-state index contributed by atoms with van der Waals surface area (Å²) in [7, 11) is 0. The average Bonchev–Trinajstić information content (AvgIpc) is 2.80. The van der Waals surface area contributed by atoms with Gasteiger partial charge in [-0.3, -0.25) is 14.5 Å². The molecular weight excluding hydrogens is 460 g/mol. The van der Waals surface area contributed by atoms with Gasteiger partial charge < -0.3 is 5.32 Å². The predicted octanol–water partition coefficient (Wildman–Crippen LogP) is 7.76. The van der Waals surface area contributed by atoms with Crippen LogP contribution in [0, 0.1) is 5.41 Å². The van der Waals surface area contributed by atoms with Gasteiger partial charge in [0.05, 0.1) is 16.6 Å². The van der Waals surface area contributed by atoms with E-state index < -0.39 is 0 Å². The zero-order chi connectivity index (χ0) is 24.3. The van der Waals surface area contributed by atoms with E-state index in [-0.39, 0.29) is 22.5 Å². The number of amides is 2. The molecule has 0 fully saturated rings. The lowest BCUT2D eigenvalue weighted by atomic mass is 9.92. The van der Waals surface area contributed by atoms with Crippen molar-refractivity contribution in [2.45, 2.75) is 60.5 Å². The van der Waals surface area contributed by atoms with Crippen molar-refractivity contribution in [3.05, 3.63) is 72.8 Å². The molecule has 1 atom stereocenters. The Morgan fingerprint density at radius 1 is 0.912 bits per heavy atom. The second-order valence-corrected chi connectivity index (χ2v) is 11.9. The summed E-state index contributed by atoms with van der Waals surface area (Å²) in [5, 5.41) is 2.73. The number of nitrogens with one attached hydrogen (secondary N) is 1. The van der Waals surface area contributed by atoms with E-state index in [1.807, 2.05) is 93.3 Å². The van der Waals surface area contributed by atoms with Crippen molar-refractivity contribution in [2.75, 3.05) is 10.2 Å². The number of fused-ring (bicyclic) bond motifs is 2. The number of benzene rings is 3. The predicted molar refractivity (Wildman–Crippen MR) is 143 cm³/mol. The van der Waals surface area contributed by atoms with E-state index in [9.17, 15) is 9.59 Å². The highest BCUT2D eigenvalue weighted by atomic mass is 32.2. The molecule has 4 rings (SSSR count). The summed E-state index contributed by atoms with van der Waals surface area (Å²) in [5.41, 5.74) is 2.59. The van der Waals surface area contributed by atoms with Crippen LogP contribution >= 0.6 is 23.5 Å². The fourth-order valence-corrected chi connectivity index (χ4v) is 5.91. The van der Waals surface area contributed by atoms with E-state index in [1.165, 1.54) is 0 Å². The molecule has 2 amide bonds. The van der Waals surface area contributed by atoms with Crippen molar-refractivity contribution in [3.63, 3.8) is 0 Å². The van der Waals surface area contributed by atoms with Crippen LogP contribution < -0.4 is 10.2 Å². The van der Waals surface area contributed by atoms with Gasteiger partial charge in [0.15, 0.2) is 0 Å². The standard InChI is InChI=1S/C28H30N2O2S2/c1-5-23(33-20-16-14-19(15-17-20)29-26(31)18-28(2,3)4)27(32)30-21-10-6-8-12-24(21)34-25-13-9-7-11-22(25)30/h6-17,23H,5,18H2,1-4H3,(H,29,31). The van der Waals surface area contributed by atoms with Crippen molar-refractivity contribution in [1.29, 1.82) is 0 Å². The molecular formula is C28H30N2O2S2. The number of hydrogen-bond acceptors (Lipinski definition) is 4. The molecule has 0 spiro atoms. The molecule has 3 aromatic carbocycles. The smallest absolute Gasteiger partial charge is 0.245 e. The molecule has 0 radical (unpaired) electrons. The third-order valence-corrected chi connectivity index (χ3v) is 7.90. The van der Waals surface area contributed by atoms with Crippen LogP contribution in [0.1, 0.15) is 40.5 Å². The summed E-state index contributed by atoms with van der Waals surface area (Å²) >= 11 is 3.27. The first kappa shape index (κ1) is 24.4. The Balaban J connectivity index is 1.52. The van der Waals surface area contributed by atoms with Gasteiger partial charge in [-0.05, 0) is 60.4 Å². The number of carbonyl (C=O) groups is 2. The minimum atomic E-state index is -0.231. The zero-order valence-corrected chi connectivity index (χ0v) is 21.6. The van der Waals surface area contributed by atoms with Crippen LogP contribution in [0.5, 0.6) is 0 Å². The van der Waals surface area contributed by atoms with Gasteiger partial charge in [0.25, 0.3) is 0 Å². The summed E-state index contributed by atoms with van der Waals surface area (Å²) in [4.78, 5) is 31.1. The Labute approximate surface area is 210 Å². The monoisotopic (exact) mass is 490 g/mol. The summed E-state index contributed by atoms with van der Waals surface area (Å²) in [5.74, 6) is 0.0880. The minimum absolute atomic E-state index is 0.00909. The second-order valence-electron chi connectivity index (χ2n) is 9.54. The number of thioether (sulfide) groups is 1. The molecule has 1 aliphatic rings. The van der Waals surface area contributed by atoms with Crippen molar-refractivity contribution in [3.8, 4) is 0 Å². The first-order valence-corrected chi connectivity index (χ1v) is 13.2. The quantitative estimate of drug-likeness (QED) is 0.359. The normalized spacial score (nSPS) is 13.6. The molecule has 1 unspecified atom stereocenters. The Hall–Kier alpha value is -2.70. The van der Waals surface area contributed by atoms with Crippen LogP contribution in [0.4, 0.5) is 17.1 Å². The Kier molecular flexibility index (Phi) is 7.39. The van der Waals surface area contributed by atoms with Gasteiger partial charge in [-0.15, -0.1) is 11.8 Å².